The summed E-state index contributed by atoms with van der Waals surface area (Å²) in [6, 6.07) is 9.55. The summed E-state index contributed by atoms with van der Waals surface area (Å²) in [5.41, 5.74) is 3.59. The quantitative estimate of drug-likeness (QED) is 0.785. The van der Waals surface area contributed by atoms with Crippen LogP contribution in [0.3, 0.4) is 0 Å². The topological polar surface area (TPSA) is 56.1 Å². The molecule has 2 aromatic rings. The van der Waals surface area contributed by atoms with Gasteiger partial charge in [-0.2, -0.15) is 5.10 Å². The van der Waals surface area contributed by atoms with Crippen LogP contribution in [0.1, 0.15) is 10.4 Å². The van der Waals surface area contributed by atoms with Crippen molar-refractivity contribution in [1.29, 1.82) is 0 Å². The van der Waals surface area contributed by atoms with Crippen molar-refractivity contribution in [2.45, 2.75) is 0 Å². The number of amides is 1. The van der Waals surface area contributed by atoms with Crippen LogP contribution in [-0.2, 0) is 4.84 Å². The minimum Gasteiger partial charge on any atom is -0.277 e. The Bertz CT molecular complexity index is 479. The molecule has 0 aliphatic rings. The molecule has 0 radical (unpaired) electrons. The first-order chi connectivity index (χ1) is 7.81. The summed E-state index contributed by atoms with van der Waals surface area (Å²) in [5, 5.41) is 4.09. The highest BCUT2D eigenvalue weighted by molar-refractivity contribution is 5.92. The zero-order valence-electron chi connectivity index (χ0n) is 8.75. The van der Waals surface area contributed by atoms with Crippen LogP contribution >= 0.6 is 0 Å². The van der Waals surface area contributed by atoms with E-state index in [2.05, 4.69) is 15.4 Å². The second kappa shape index (κ2) is 4.59. The summed E-state index contributed by atoms with van der Waals surface area (Å²) in [4.78, 5) is 15.9. The Morgan fingerprint density at radius 2 is 2.12 bits per heavy atom. The molecule has 5 nitrogen and oxygen atoms in total. The molecule has 5 heteroatoms. The molecule has 0 unspecified atom stereocenters. The van der Waals surface area contributed by atoms with Crippen LogP contribution in [0.15, 0.2) is 42.7 Å². The maximum atomic E-state index is 11.4. The van der Waals surface area contributed by atoms with Gasteiger partial charge < -0.3 is 0 Å². The lowest BCUT2D eigenvalue weighted by molar-refractivity contribution is 0.0537. The Morgan fingerprint density at radius 1 is 1.38 bits per heavy atom. The number of carbonyl (C=O) groups excluding carboxylic acids is 1. The lowest BCUT2D eigenvalue weighted by atomic mass is 10.3. The summed E-state index contributed by atoms with van der Waals surface area (Å²) >= 11 is 0. The fraction of sp³-hybridized carbons (Fsp3) is 0.0909. The van der Waals surface area contributed by atoms with E-state index in [9.17, 15) is 4.79 Å². The van der Waals surface area contributed by atoms with E-state index in [-0.39, 0.29) is 5.91 Å². The van der Waals surface area contributed by atoms with E-state index in [1.165, 1.54) is 13.3 Å². The predicted octanol–water partition coefficient (Wildman–Crippen LogP) is 1.16. The average Bonchev–Trinajstić information content (AvgIpc) is 2.80. The van der Waals surface area contributed by atoms with E-state index in [0.717, 1.165) is 5.69 Å². The highest BCUT2D eigenvalue weighted by Crippen LogP contribution is 2.07. The summed E-state index contributed by atoms with van der Waals surface area (Å²) < 4.78 is 1.63. The van der Waals surface area contributed by atoms with Crippen molar-refractivity contribution in [2.75, 3.05) is 7.11 Å². The van der Waals surface area contributed by atoms with Gasteiger partial charge in [-0.05, 0) is 12.1 Å². The molecular formula is C11H11N3O2. The van der Waals surface area contributed by atoms with Crippen LogP contribution < -0.4 is 5.48 Å². The fourth-order valence-corrected chi connectivity index (χ4v) is 1.31. The Hall–Kier alpha value is -2.14. The fourth-order valence-electron chi connectivity index (χ4n) is 1.31. The highest BCUT2D eigenvalue weighted by atomic mass is 16.6. The SMILES string of the molecule is CONC(=O)c1cnn(-c2ccccc2)c1. The van der Waals surface area contributed by atoms with Crippen molar-refractivity contribution >= 4 is 5.91 Å². The van der Waals surface area contributed by atoms with E-state index in [0.29, 0.717) is 5.56 Å². The van der Waals surface area contributed by atoms with E-state index in [4.69, 9.17) is 0 Å². The molecule has 0 aliphatic carbocycles. The van der Waals surface area contributed by atoms with Gasteiger partial charge in [-0.15, -0.1) is 0 Å². The van der Waals surface area contributed by atoms with Gasteiger partial charge in [0.25, 0.3) is 5.91 Å². The summed E-state index contributed by atoms with van der Waals surface area (Å²) in [6.45, 7) is 0. The van der Waals surface area contributed by atoms with Crippen LogP contribution in [0, 0.1) is 0 Å². The van der Waals surface area contributed by atoms with E-state index in [1.54, 1.807) is 10.9 Å². The zero-order chi connectivity index (χ0) is 11.4. The van der Waals surface area contributed by atoms with Gasteiger partial charge in [0, 0.05) is 6.20 Å². The van der Waals surface area contributed by atoms with Gasteiger partial charge in [-0.1, -0.05) is 18.2 Å². The van der Waals surface area contributed by atoms with Crippen molar-refractivity contribution < 1.29 is 9.63 Å². The first kappa shape index (κ1) is 10.4. The van der Waals surface area contributed by atoms with Crippen molar-refractivity contribution in [2.24, 2.45) is 0 Å². The number of carbonyl (C=O) groups is 1. The second-order valence-electron chi connectivity index (χ2n) is 3.14. The van der Waals surface area contributed by atoms with Gasteiger partial charge in [0.2, 0.25) is 0 Å². The first-order valence-corrected chi connectivity index (χ1v) is 4.74. The lowest BCUT2D eigenvalue weighted by Gasteiger charge is -1.99. The lowest BCUT2D eigenvalue weighted by Crippen LogP contribution is -2.21. The number of nitrogens with one attached hydrogen (secondary N) is 1. The van der Waals surface area contributed by atoms with Crippen LogP contribution in [-0.4, -0.2) is 22.8 Å². The molecule has 0 fully saturated rings. The average molecular weight is 217 g/mol. The molecule has 1 heterocycles. The molecule has 0 spiro atoms. The molecule has 82 valence electrons. The van der Waals surface area contributed by atoms with Gasteiger partial charge >= 0.3 is 0 Å². The van der Waals surface area contributed by atoms with E-state index < -0.39 is 0 Å². The van der Waals surface area contributed by atoms with Gasteiger partial charge in [0.15, 0.2) is 0 Å². The molecular weight excluding hydrogens is 206 g/mol. The van der Waals surface area contributed by atoms with Crippen LogP contribution in [0.4, 0.5) is 0 Å². The molecule has 1 amide bonds. The van der Waals surface area contributed by atoms with Gasteiger partial charge in [0.1, 0.15) is 0 Å². The van der Waals surface area contributed by atoms with Crippen molar-refractivity contribution in [3.8, 4) is 5.69 Å². The number of hydrogen-bond acceptors (Lipinski definition) is 3. The Balaban J connectivity index is 2.23. The highest BCUT2D eigenvalue weighted by Gasteiger charge is 2.08. The molecule has 0 saturated carbocycles. The third-order valence-corrected chi connectivity index (χ3v) is 2.06. The third kappa shape index (κ3) is 2.09. The molecule has 0 aliphatic heterocycles. The maximum Gasteiger partial charge on any atom is 0.278 e. The molecule has 0 atom stereocenters. The van der Waals surface area contributed by atoms with Crippen LogP contribution in [0.25, 0.3) is 5.69 Å². The monoisotopic (exact) mass is 217 g/mol. The number of nitrogens with zero attached hydrogens (tertiary/aromatic N) is 2. The van der Waals surface area contributed by atoms with Gasteiger partial charge in [-0.3, -0.25) is 9.63 Å². The number of aromatic nitrogens is 2. The third-order valence-electron chi connectivity index (χ3n) is 2.06. The predicted molar refractivity (Wildman–Crippen MR) is 58.0 cm³/mol. The Labute approximate surface area is 92.6 Å². The smallest absolute Gasteiger partial charge is 0.277 e. The van der Waals surface area contributed by atoms with E-state index in [1.807, 2.05) is 30.3 Å². The number of para-hydroxylation sites is 1. The summed E-state index contributed by atoms with van der Waals surface area (Å²) in [7, 11) is 1.39. The number of hydroxylamine groups is 1. The van der Waals surface area contributed by atoms with Crippen LogP contribution in [0.5, 0.6) is 0 Å². The molecule has 1 aromatic carbocycles. The number of hydrogen-bond donors (Lipinski definition) is 1. The summed E-state index contributed by atoms with van der Waals surface area (Å²) in [6.07, 6.45) is 3.13. The summed E-state index contributed by atoms with van der Waals surface area (Å²) in [5.74, 6) is -0.315. The maximum absolute atomic E-state index is 11.4. The molecule has 0 bridgehead atoms. The molecule has 1 aromatic heterocycles. The molecule has 16 heavy (non-hydrogen) atoms. The second-order valence-corrected chi connectivity index (χ2v) is 3.14. The Kier molecular flexibility index (Phi) is 2.98. The first-order valence-electron chi connectivity index (χ1n) is 4.74. The zero-order valence-corrected chi connectivity index (χ0v) is 8.75. The normalized spacial score (nSPS) is 10.1. The largest absolute Gasteiger partial charge is 0.278 e. The minimum absolute atomic E-state index is 0.315. The number of benzene rings is 1. The van der Waals surface area contributed by atoms with Crippen molar-refractivity contribution in [1.82, 2.24) is 15.3 Å². The van der Waals surface area contributed by atoms with Gasteiger partial charge in [0.05, 0.1) is 24.6 Å². The van der Waals surface area contributed by atoms with Crippen molar-refractivity contribution in [3.05, 3.63) is 48.3 Å². The van der Waals surface area contributed by atoms with Gasteiger partial charge in [-0.25, -0.2) is 10.2 Å². The minimum atomic E-state index is -0.315. The van der Waals surface area contributed by atoms with Crippen molar-refractivity contribution in [3.63, 3.8) is 0 Å². The molecule has 1 N–H and O–H groups in total. The molecule has 2 rings (SSSR count). The molecule has 0 saturated heterocycles. The van der Waals surface area contributed by atoms with Crippen LogP contribution in [0.2, 0.25) is 0 Å². The number of rotatable bonds is 3. The van der Waals surface area contributed by atoms with E-state index >= 15 is 0 Å². The standard InChI is InChI=1S/C11H11N3O2/c1-16-13-11(15)9-7-12-14(8-9)10-5-3-2-4-6-10/h2-8H,1H3,(H,13,15). The Morgan fingerprint density at radius 3 is 2.81 bits per heavy atom.